The molecule has 1 aliphatic carbocycles. The average Bonchev–Trinajstić information content (AvgIpc) is 2.86. The van der Waals surface area contributed by atoms with E-state index in [4.69, 9.17) is 4.74 Å². The fraction of sp³-hybridized carbons (Fsp3) is 0.345. The summed E-state index contributed by atoms with van der Waals surface area (Å²) in [5, 5.41) is 14.1. The Morgan fingerprint density at radius 1 is 1.34 bits per heavy atom. The van der Waals surface area contributed by atoms with Crippen molar-refractivity contribution in [1.29, 1.82) is 5.26 Å². The maximum atomic E-state index is 9.62. The molecule has 0 saturated carbocycles. The van der Waals surface area contributed by atoms with Gasteiger partial charge >= 0.3 is 0 Å². The lowest BCUT2D eigenvalue weighted by Gasteiger charge is -2.28. The summed E-state index contributed by atoms with van der Waals surface area (Å²) in [6.07, 6.45) is 8.95. The minimum Gasteiger partial charge on any atom is -0.490 e. The fourth-order valence-corrected chi connectivity index (χ4v) is 5.11. The van der Waals surface area contributed by atoms with E-state index < -0.39 is 0 Å². The molecule has 0 bridgehead atoms. The summed E-state index contributed by atoms with van der Waals surface area (Å²) in [5.41, 5.74) is 5.27. The molecule has 0 heterocycles. The molecule has 0 aromatic heterocycles. The Hall–Kier alpha value is -3.14. The Labute approximate surface area is 213 Å². The first-order valence-electron chi connectivity index (χ1n) is 12.0. The highest BCUT2D eigenvalue weighted by atomic mass is 32.2. The van der Waals surface area contributed by atoms with Gasteiger partial charge in [0.05, 0.1) is 11.7 Å². The molecule has 0 radical (unpaired) electrons. The molecule has 1 unspecified atom stereocenters. The number of hydrogen-bond acceptors (Lipinski definition) is 6. The van der Waals surface area contributed by atoms with E-state index in [-0.39, 0.29) is 6.10 Å². The van der Waals surface area contributed by atoms with Crippen LogP contribution >= 0.6 is 11.8 Å². The Morgan fingerprint density at radius 3 is 2.89 bits per heavy atom. The predicted molar refractivity (Wildman–Crippen MR) is 149 cm³/mol. The average molecular weight is 487 g/mol. The number of ether oxygens (including phenoxy) is 1. The number of rotatable bonds is 9. The summed E-state index contributed by atoms with van der Waals surface area (Å²) in [5.74, 6) is 0.595. The number of benzene rings is 2. The SMILES string of the molecule is C=C(SC(=NC)c1ccc(OC(C)C)c(C#N)c1)c1cccc2c1CCCC2NC/C=C/N=CC. The van der Waals surface area contributed by atoms with Gasteiger partial charge < -0.3 is 10.1 Å². The van der Waals surface area contributed by atoms with Crippen molar-refractivity contribution in [2.24, 2.45) is 9.98 Å². The van der Waals surface area contributed by atoms with Gasteiger partial charge in [-0.05, 0) is 74.9 Å². The summed E-state index contributed by atoms with van der Waals surface area (Å²) in [6, 6.07) is 14.7. The minimum absolute atomic E-state index is 0.00450. The van der Waals surface area contributed by atoms with Crippen LogP contribution in [0.1, 0.15) is 67.5 Å². The molecule has 0 amide bonds. The number of nitrogens with zero attached hydrogens (tertiary/aromatic N) is 3. The monoisotopic (exact) mass is 486 g/mol. The fourth-order valence-electron chi connectivity index (χ4n) is 4.24. The first-order valence-corrected chi connectivity index (χ1v) is 12.8. The molecule has 1 N–H and O–H groups in total. The van der Waals surface area contributed by atoms with Gasteiger partial charge in [0.1, 0.15) is 16.9 Å². The summed E-state index contributed by atoms with van der Waals surface area (Å²) in [4.78, 5) is 9.61. The third-order valence-electron chi connectivity index (χ3n) is 5.76. The van der Waals surface area contributed by atoms with Crippen LogP contribution in [0.3, 0.4) is 0 Å². The zero-order valence-corrected chi connectivity index (χ0v) is 21.9. The topological polar surface area (TPSA) is 69.8 Å². The van der Waals surface area contributed by atoms with Crippen molar-refractivity contribution >= 4 is 27.9 Å². The van der Waals surface area contributed by atoms with E-state index in [1.54, 1.807) is 25.0 Å². The number of nitrogens with one attached hydrogen (secondary N) is 1. The molecule has 1 aliphatic rings. The van der Waals surface area contributed by atoms with Gasteiger partial charge in [-0.25, -0.2) is 0 Å². The lowest BCUT2D eigenvalue weighted by atomic mass is 9.85. The summed E-state index contributed by atoms with van der Waals surface area (Å²) in [7, 11) is 1.77. The maximum Gasteiger partial charge on any atom is 0.137 e. The molecule has 1 atom stereocenters. The van der Waals surface area contributed by atoms with Crippen molar-refractivity contribution in [3.8, 4) is 11.8 Å². The van der Waals surface area contributed by atoms with Crippen LogP contribution in [0.15, 0.2) is 65.2 Å². The Kier molecular flexibility index (Phi) is 9.89. The molecular formula is C29H34N4OS. The van der Waals surface area contributed by atoms with Crippen LogP contribution in [0.25, 0.3) is 4.91 Å². The van der Waals surface area contributed by atoms with Crippen molar-refractivity contribution in [3.63, 3.8) is 0 Å². The lowest BCUT2D eigenvalue weighted by molar-refractivity contribution is 0.241. The molecule has 2 aromatic carbocycles. The van der Waals surface area contributed by atoms with E-state index in [1.165, 1.54) is 16.7 Å². The standard InChI is InChI=1S/C29H34N4OS/c1-6-32-16-9-17-33-27-13-8-11-25-24(10-7-12-26(25)27)21(4)35-29(31-5)22-14-15-28(34-20(2)3)23(18-22)19-30/h6-7,9-10,12,14-16,18,20,27,33H,4,8,11,13,17H2,1-3,5H3/b16-9+,31-29?,32-6?. The van der Waals surface area contributed by atoms with Crippen LogP contribution in [0.5, 0.6) is 5.75 Å². The van der Waals surface area contributed by atoms with Gasteiger partial charge in [-0.1, -0.05) is 42.6 Å². The highest BCUT2D eigenvalue weighted by Crippen LogP contribution is 2.38. The number of hydrogen-bond donors (Lipinski definition) is 1. The van der Waals surface area contributed by atoms with Crippen LogP contribution in [-0.2, 0) is 6.42 Å². The van der Waals surface area contributed by atoms with Gasteiger partial charge in [-0.3, -0.25) is 9.98 Å². The molecule has 5 nitrogen and oxygen atoms in total. The second kappa shape index (κ2) is 13.1. The van der Waals surface area contributed by atoms with Gasteiger partial charge in [-0.2, -0.15) is 5.26 Å². The third kappa shape index (κ3) is 6.94. The smallest absolute Gasteiger partial charge is 0.137 e. The van der Waals surface area contributed by atoms with Crippen LogP contribution in [-0.4, -0.2) is 31.0 Å². The summed E-state index contributed by atoms with van der Waals surface area (Å²) < 4.78 is 5.77. The van der Waals surface area contributed by atoms with Gasteiger partial charge in [-0.15, -0.1) is 0 Å². The van der Waals surface area contributed by atoms with E-state index in [2.05, 4.69) is 46.1 Å². The van der Waals surface area contributed by atoms with Crippen molar-refractivity contribution in [2.45, 2.75) is 52.2 Å². The molecule has 3 rings (SSSR count). The van der Waals surface area contributed by atoms with E-state index in [9.17, 15) is 5.26 Å². The normalized spacial score (nSPS) is 16.0. The first-order chi connectivity index (χ1) is 17.0. The minimum atomic E-state index is 0.00450. The summed E-state index contributed by atoms with van der Waals surface area (Å²) in [6.45, 7) is 11.0. The molecule has 35 heavy (non-hydrogen) atoms. The molecule has 0 fully saturated rings. The van der Waals surface area contributed by atoms with Crippen molar-refractivity contribution in [3.05, 3.63) is 83.1 Å². The Morgan fingerprint density at radius 2 is 2.17 bits per heavy atom. The van der Waals surface area contributed by atoms with Crippen molar-refractivity contribution in [1.82, 2.24) is 5.32 Å². The molecule has 0 aliphatic heterocycles. The van der Waals surface area contributed by atoms with Crippen LogP contribution in [0.4, 0.5) is 0 Å². The molecule has 0 saturated heterocycles. The second-order valence-corrected chi connectivity index (χ2v) is 9.65. The van der Waals surface area contributed by atoms with E-state index in [1.807, 2.05) is 51.2 Å². The zero-order valence-electron chi connectivity index (χ0n) is 21.0. The Balaban J connectivity index is 1.80. The van der Waals surface area contributed by atoms with Crippen LogP contribution in [0.2, 0.25) is 0 Å². The van der Waals surface area contributed by atoms with Gasteiger partial charge in [0.2, 0.25) is 0 Å². The largest absolute Gasteiger partial charge is 0.490 e. The highest BCUT2D eigenvalue weighted by Gasteiger charge is 2.23. The summed E-state index contributed by atoms with van der Waals surface area (Å²) >= 11 is 1.55. The highest BCUT2D eigenvalue weighted by molar-refractivity contribution is 8.22. The van der Waals surface area contributed by atoms with Crippen molar-refractivity contribution in [2.75, 3.05) is 13.6 Å². The van der Waals surface area contributed by atoms with Crippen molar-refractivity contribution < 1.29 is 4.74 Å². The number of nitriles is 1. The zero-order chi connectivity index (χ0) is 25.2. The predicted octanol–water partition coefficient (Wildman–Crippen LogP) is 6.70. The molecular weight excluding hydrogens is 452 g/mol. The molecule has 6 heteroatoms. The lowest BCUT2D eigenvalue weighted by Crippen LogP contribution is -2.25. The quantitative estimate of drug-likeness (QED) is 0.316. The van der Waals surface area contributed by atoms with E-state index in [0.29, 0.717) is 17.4 Å². The Bertz CT molecular complexity index is 1170. The van der Waals surface area contributed by atoms with Gasteiger partial charge in [0.15, 0.2) is 0 Å². The van der Waals surface area contributed by atoms with Gasteiger partial charge in [0.25, 0.3) is 0 Å². The van der Waals surface area contributed by atoms with Gasteiger partial charge in [0, 0.05) is 42.5 Å². The maximum absolute atomic E-state index is 9.62. The van der Waals surface area contributed by atoms with Crippen LogP contribution < -0.4 is 10.1 Å². The van der Waals surface area contributed by atoms with E-state index in [0.717, 1.165) is 41.3 Å². The van der Waals surface area contributed by atoms with Crippen LogP contribution in [0, 0.1) is 11.3 Å². The third-order valence-corrected chi connectivity index (χ3v) is 6.84. The first kappa shape index (κ1) is 26.5. The molecule has 2 aromatic rings. The molecule has 182 valence electrons. The number of aliphatic imine (C=N–C) groups is 2. The van der Waals surface area contributed by atoms with E-state index >= 15 is 0 Å². The number of fused-ring (bicyclic) bond motifs is 1. The molecule has 0 spiro atoms. The second-order valence-electron chi connectivity index (χ2n) is 8.56. The number of thioether (sulfide) groups is 1.